The molecular formula is C20H21FN4O2S. The smallest absolute Gasteiger partial charge is 0.267 e. The molecule has 8 heteroatoms. The Bertz CT molecular complexity index is 952. The Balaban J connectivity index is 1.53. The van der Waals surface area contributed by atoms with Crippen molar-refractivity contribution in [2.45, 2.75) is 25.0 Å². The maximum absolute atomic E-state index is 14.5. The topological polar surface area (TPSA) is 88.7 Å². The van der Waals surface area contributed by atoms with E-state index in [1.54, 1.807) is 6.07 Å². The number of benzene rings is 2. The predicted molar refractivity (Wildman–Crippen MR) is 110 cm³/mol. The van der Waals surface area contributed by atoms with Gasteiger partial charge in [0, 0.05) is 17.0 Å². The van der Waals surface area contributed by atoms with Crippen LogP contribution in [0.5, 0.6) is 5.75 Å². The lowest BCUT2D eigenvalue weighted by atomic mass is 9.89. The Hall–Kier alpha value is -2.74. The summed E-state index contributed by atoms with van der Waals surface area (Å²) in [6, 6.07) is 12.0. The summed E-state index contributed by atoms with van der Waals surface area (Å²) in [6.45, 7) is 2.21. The number of anilines is 2. The van der Waals surface area contributed by atoms with Crippen LogP contribution in [0, 0.1) is 5.82 Å². The van der Waals surface area contributed by atoms with Crippen molar-refractivity contribution >= 4 is 34.2 Å². The third kappa shape index (κ3) is 3.64. The number of thioether (sulfide) groups is 1. The van der Waals surface area contributed by atoms with Gasteiger partial charge >= 0.3 is 0 Å². The van der Waals surface area contributed by atoms with Crippen LogP contribution >= 0.6 is 11.8 Å². The van der Waals surface area contributed by atoms with E-state index in [9.17, 15) is 9.18 Å². The Morgan fingerprint density at radius 3 is 3.04 bits per heavy atom. The van der Waals surface area contributed by atoms with E-state index in [2.05, 4.69) is 15.6 Å². The highest BCUT2D eigenvalue weighted by atomic mass is 32.2. The van der Waals surface area contributed by atoms with E-state index in [0.29, 0.717) is 35.1 Å². The lowest BCUT2D eigenvalue weighted by molar-refractivity contribution is -0.122. The van der Waals surface area contributed by atoms with Crippen LogP contribution in [0.1, 0.15) is 18.9 Å². The van der Waals surface area contributed by atoms with E-state index in [-0.39, 0.29) is 11.7 Å². The number of amidine groups is 1. The van der Waals surface area contributed by atoms with E-state index in [1.807, 2.05) is 31.2 Å². The van der Waals surface area contributed by atoms with Crippen LogP contribution in [0.4, 0.5) is 15.8 Å². The SMILES string of the molecule is CC1(c2cc(NC(=O)C3CNc4ccccc4O3)ccc2F)CCSC(N)=N1. The molecule has 2 unspecified atom stereocenters. The molecule has 0 aromatic heterocycles. The average Bonchev–Trinajstić information content (AvgIpc) is 2.68. The number of fused-ring (bicyclic) bond motifs is 1. The zero-order valence-electron chi connectivity index (χ0n) is 15.4. The molecule has 2 atom stereocenters. The molecule has 28 heavy (non-hydrogen) atoms. The monoisotopic (exact) mass is 400 g/mol. The van der Waals surface area contributed by atoms with Crippen LogP contribution in [-0.2, 0) is 10.3 Å². The van der Waals surface area contributed by atoms with Gasteiger partial charge in [-0.15, -0.1) is 0 Å². The third-order valence-corrected chi connectivity index (χ3v) is 5.73. The van der Waals surface area contributed by atoms with Gasteiger partial charge in [-0.2, -0.15) is 0 Å². The van der Waals surface area contributed by atoms with Crippen molar-refractivity contribution in [1.29, 1.82) is 0 Å². The summed E-state index contributed by atoms with van der Waals surface area (Å²) in [5.41, 5.74) is 6.87. The number of nitrogens with zero attached hydrogens (tertiary/aromatic N) is 1. The number of carbonyl (C=O) groups excluding carboxylic acids is 1. The van der Waals surface area contributed by atoms with Gasteiger partial charge in [0.05, 0.1) is 17.8 Å². The molecule has 0 spiro atoms. The van der Waals surface area contributed by atoms with Crippen LogP contribution in [-0.4, -0.2) is 29.5 Å². The summed E-state index contributed by atoms with van der Waals surface area (Å²) >= 11 is 1.46. The van der Waals surface area contributed by atoms with Crippen LogP contribution < -0.4 is 21.1 Å². The molecule has 0 saturated heterocycles. The summed E-state index contributed by atoms with van der Waals surface area (Å²) in [5.74, 6) is 0.731. The molecule has 2 aliphatic heterocycles. The molecular weight excluding hydrogens is 379 g/mol. The van der Waals surface area contributed by atoms with Crippen LogP contribution in [0.2, 0.25) is 0 Å². The lowest BCUT2D eigenvalue weighted by Crippen LogP contribution is -2.41. The van der Waals surface area contributed by atoms with Crippen LogP contribution in [0.3, 0.4) is 0 Å². The number of nitrogens with two attached hydrogens (primary N) is 1. The molecule has 2 heterocycles. The maximum Gasteiger partial charge on any atom is 0.267 e. The lowest BCUT2D eigenvalue weighted by Gasteiger charge is -2.30. The number of hydrogen-bond donors (Lipinski definition) is 3. The molecule has 0 saturated carbocycles. The van der Waals surface area contributed by atoms with Crippen molar-refractivity contribution in [1.82, 2.24) is 0 Å². The van der Waals surface area contributed by atoms with Gasteiger partial charge in [0.2, 0.25) is 0 Å². The van der Waals surface area contributed by atoms with Gasteiger partial charge in [-0.1, -0.05) is 23.9 Å². The number of para-hydroxylation sites is 2. The quantitative estimate of drug-likeness (QED) is 0.736. The van der Waals surface area contributed by atoms with E-state index in [1.165, 1.54) is 23.9 Å². The second-order valence-electron chi connectivity index (χ2n) is 6.99. The van der Waals surface area contributed by atoms with Gasteiger partial charge in [-0.3, -0.25) is 9.79 Å². The molecule has 0 fully saturated rings. The number of carbonyl (C=O) groups is 1. The van der Waals surface area contributed by atoms with E-state index in [4.69, 9.17) is 10.5 Å². The molecule has 1 amide bonds. The summed E-state index contributed by atoms with van der Waals surface area (Å²) in [7, 11) is 0. The number of hydrogen-bond acceptors (Lipinski definition) is 6. The van der Waals surface area contributed by atoms with Gasteiger partial charge in [0.15, 0.2) is 11.3 Å². The zero-order valence-corrected chi connectivity index (χ0v) is 16.2. The van der Waals surface area contributed by atoms with Gasteiger partial charge in [0.1, 0.15) is 11.6 Å². The number of nitrogens with one attached hydrogen (secondary N) is 2. The first kappa shape index (κ1) is 18.6. The van der Waals surface area contributed by atoms with Crippen molar-refractivity contribution < 1.29 is 13.9 Å². The van der Waals surface area contributed by atoms with E-state index >= 15 is 0 Å². The maximum atomic E-state index is 14.5. The fraction of sp³-hybridized carbons (Fsp3) is 0.300. The van der Waals surface area contributed by atoms with Crippen molar-refractivity contribution in [2.75, 3.05) is 22.9 Å². The van der Waals surface area contributed by atoms with Gasteiger partial charge in [0.25, 0.3) is 5.91 Å². The number of rotatable bonds is 3. The summed E-state index contributed by atoms with van der Waals surface area (Å²) in [6.07, 6.45) is -0.0159. The third-order valence-electron chi connectivity index (χ3n) is 4.94. The predicted octanol–water partition coefficient (Wildman–Crippen LogP) is 3.30. The Labute approximate surface area is 166 Å². The molecule has 2 aromatic rings. The highest BCUT2D eigenvalue weighted by Gasteiger charge is 2.33. The fourth-order valence-electron chi connectivity index (χ4n) is 3.38. The second-order valence-corrected chi connectivity index (χ2v) is 8.10. The molecule has 2 aliphatic rings. The van der Waals surface area contributed by atoms with Crippen molar-refractivity contribution in [3.63, 3.8) is 0 Å². The fourth-order valence-corrected chi connectivity index (χ4v) is 4.35. The van der Waals surface area contributed by atoms with E-state index in [0.717, 1.165) is 11.4 Å². The van der Waals surface area contributed by atoms with E-state index < -0.39 is 11.6 Å². The highest BCUT2D eigenvalue weighted by molar-refractivity contribution is 8.13. The standard InChI is InChI=1S/C20H21FN4O2S/c1-20(8-9-28-19(22)25-20)13-10-12(6-7-14(13)21)24-18(26)17-11-23-15-4-2-3-5-16(15)27-17/h2-7,10,17,23H,8-9,11H2,1H3,(H2,22,25)(H,24,26). The number of halogens is 1. The molecule has 146 valence electrons. The van der Waals surface area contributed by atoms with Gasteiger partial charge in [-0.25, -0.2) is 4.39 Å². The first-order valence-electron chi connectivity index (χ1n) is 9.03. The van der Waals surface area contributed by atoms with Crippen molar-refractivity contribution in [2.24, 2.45) is 10.7 Å². The Kier molecular flexibility index (Phi) is 4.89. The largest absolute Gasteiger partial charge is 0.477 e. The highest BCUT2D eigenvalue weighted by Crippen LogP contribution is 2.37. The van der Waals surface area contributed by atoms with Crippen molar-refractivity contribution in [3.8, 4) is 5.75 Å². The minimum atomic E-state index is -0.748. The van der Waals surface area contributed by atoms with Crippen LogP contribution in [0.25, 0.3) is 0 Å². The molecule has 6 nitrogen and oxygen atoms in total. The number of ether oxygens (including phenoxy) is 1. The average molecular weight is 400 g/mol. The van der Waals surface area contributed by atoms with Gasteiger partial charge in [-0.05, 0) is 43.7 Å². The summed E-state index contributed by atoms with van der Waals surface area (Å²) in [5, 5.41) is 6.45. The first-order chi connectivity index (χ1) is 13.4. The molecule has 4 rings (SSSR count). The summed E-state index contributed by atoms with van der Waals surface area (Å²) in [4.78, 5) is 17.1. The minimum Gasteiger partial charge on any atom is -0.477 e. The normalized spacial score (nSPS) is 23.6. The van der Waals surface area contributed by atoms with Crippen LogP contribution in [0.15, 0.2) is 47.5 Å². The molecule has 4 N–H and O–H groups in total. The number of aliphatic imine (C=N–C) groups is 1. The van der Waals surface area contributed by atoms with Gasteiger partial charge < -0.3 is 21.1 Å². The molecule has 2 aromatic carbocycles. The first-order valence-corrected chi connectivity index (χ1v) is 10.0. The minimum absolute atomic E-state index is 0.299. The Morgan fingerprint density at radius 1 is 1.39 bits per heavy atom. The zero-order chi connectivity index (χ0) is 19.7. The molecule has 0 bridgehead atoms. The Morgan fingerprint density at radius 2 is 2.21 bits per heavy atom. The second kappa shape index (κ2) is 7.35. The molecule has 0 aliphatic carbocycles. The van der Waals surface area contributed by atoms with Crippen molar-refractivity contribution in [3.05, 3.63) is 53.8 Å². The molecule has 0 radical (unpaired) electrons. The number of amides is 1. The summed E-state index contributed by atoms with van der Waals surface area (Å²) < 4.78 is 20.3.